The first-order chi connectivity index (χ1) is 15.0. The lowest BCUT2D eigenvalue weighted by molar-refractivity contribution is -0.133. The van der Waals surface area contributed by atoms with Gasteiger partial charge in [-0.15, -0.1) is 0 Å². The average Bonchev–Trinajstić information content (AvgIpc) is 3.46. The van der Waals surface area contributed by atoms with Crippen LogP contribution in [0.15, 0.2) is 0 Å². The van der Waals surface area contributed by atoms with Crippen LogP contribution in [0.5, 0.6) is 0 Å². The van der Waals surface area contributed by atoms with Crippen molar-refractivity contribution in [2.24, 2.45) is 0 Å². The number of carbonyl (C=O) groups is 3. The van der Waals surface area contributed by atoms with E-state index in [1.165, 1.54) is 4.90 Å². The highest BCUT2D eigenvalue weighted by Gasteiger charge is 2.52. The van der Waals surface area contributed by atoms with Gasteiger partial charge in [0.2, 0.25) is 5.91 Å². The number of nitrogens with one attached hydrogen (secondary N) is 1. The van der Waals surface area contributed by atoms with Crippen molar-refractivity contribution in [2.45, 2.75) is 70.5 Å². The third-order valence-corrected chi connectivity index (χ3v) is 8.85. The summed E-state index contributed by atoms with van der Waals surface area (Å²) in [4.78, 5) is 40.5. The van der Waals surface area contributed by atoms with Gasteiger partial charge in [-0.3, -0.25) is 19.2 Å². The van der Waals surface area contributed by atoms with Gasteiger partial charge >= 0.3 is 6.03 Å². The van der Waals surface area contributed by atoms with Gasteiger partial charge in [0.1, 0.15) is 5.54 Å². The predicted molar refractivity (Wildman–Crippen MR) is 117 cm³/mol. The Morgan fingerprint density at radius 2 is 1.94 bits per heavy atom. The van der Waals surface area contributed by atoms with E-state index in [2.05, 4.69) is 10.4 Å². The zero-order valence-electron chi connectivity index (χ0n) is 18.9. The van der Waals surface area contributed by atoms with E-state index in [0.29, 0.717) is 25.8 Å². The second-order valence-corrected chi connectivity index (χ2v) is 11.6. The van der Waals surface area contributed by atoms with Crippen LogP contribution in [0.1, 0.15) is 61.5 Å². The molecule has 2 aliphatic heterocycles. The van der Waals surface area contributed by atoms with Crippen molar-refractivity contribution in [3.8, 4) is 0 Å². The summed E-state index contributed by atoms with van der Waals surface area (Å²) in [7, 11) is -1.34. The highest BCUT2D eigenvalue weighted by Crippen LogP contribution is 2.35. The van der Waals surface area contributed by atoms with Crippen LogP contribution < -0.4 is 5.32 Å². The lowest BCUT2D eigenvalue weighted by atomic mass is 9.98. The zero-order valence-corrected chi connectivity index (χ0v) is 19.7. The molecule has 1 aromatic rings. The van der Waals surface area contributed by atoms with E-state index in [4.69, 9.17) is 0 Å². The highest BCUT2D eigenvalue weighted by atomic mass is 32.2. The van der Waals surface area contributed by atoms with Crippen LogP contribution in [0.2, 0.25) is 0 Å². The molecule has 10 nitrogen and oxygen atoms in total. The van der Waals surface area contributed by atoms with Crippen LogP contribution >= 0.6 is 0 Å². The fourth-order valence-electron chi connectivity index (χ4n) is 5.17. The first kappa shape index (κ1) is 22.8. The molecule has 0 radical (unpaired) electrons. The molecular weight excluding hydrogens is 434 g/mol. The Morgan fingerprint density at radius 1 is 1.25 bits per heavy atom. The van der Waals surface area contributed by atoms with Crippen molar-refractivity contribution >= 4 is 27.7 Å². The molecule has 2 saturated heterocycles. The van der Waals surface area contributed by atoms with Crippen LogP contribution in [-0.4, -0.2) is 76.5 Å². The number of urea groups is 1. The number of sulfone groups is 1. The molecule has 32 heavy (non-hydrogen) atoms. The van der Waals surface area contributed by atoms with Crippen molar-refractivity contribution in [1.29, 1.82) is 0 Å². The second-order valence-electron chi connectivity index (χ2n) is 9.33. The maximum Gasteiger partial charge on any atom is 0.325 e. The van der Waals surface area contributed by atoms with Gasteiger partial charge in [-0.25, -0.2) is 13.2 Å². The van der Waals surface area contributed by atoms with E-state index in [1.807, 2.05) is 13.8 Å². The van der Waals surface area contributed by atoms with Crippen molar-refractivity contribution in [2.75, 3.05) is 25.1 Å². The fourth-order valence-corrected chi connectivity index (χ4v) is 6.86. The minimum absolute atomic E-state index is 0.0544. The van der Waals surface area contributed by atoms with Crippen LogP contribution in [-0.2, 0) is 26.0 Å². The summed E-state index contributed by atoms with van der Waals surface area (Å²) >= 11 is 0. The quantitative estimate of drug-likeness (QED) is 0.627. The molecule has 3 fully saturated rings. The summed E-state index contributed by atoms with van der Waals surface area (Å²) in [5.41, 5.74) is 1.76. The summed E-state index contributed by atoms with van der Waals surface area (Å²) in [5.74, 6) is -0.118. The Balaban J connectivity index is 1.37. The number of aromatic nitrogens is 2. The lowest BCUT2D eigenvalue weighted by Crippen LogP contribution is -2.44. The molecule has 4 amide bonds. The van der Waals surface area contributed by atoms with E-state index < -0.39 is 21.4 Å². The topological polar surface area (TPSA) is 122 Å². The number of hydrogen-bond acceptors (Lipinski definition) is 6. The molecule has 1 spiro atoms. The summed E-state index contributed by atoms with van der Waals surface area (Å²) in [5, 5.41) is 7.38. The van der Waals surface area contributed by atoms with Gasteiger partial charge in [0, 0.05) is 37.8 Å². The van der Waals surface area contributed by atoms with E-state index in [0.717, 1.165) is 29.8 Å². The molecule has 1 aliphatic carbocycles. The molecule has 0 unspecified atom stereocenters. The second kappa shape index (κ2) is 8.17. The monoisotopic (exact) mass is 465 g/mol. The molecule has 3 aliphatic rings. The maximum atomic E-state index is 12.8. The van der Waals surface area contributed by atoms with Crippen molar-refractivity contribution in [3.05, 3.63) is 17.0 Å². The largest absolute Gasteiger partial charge is 0.341 e. The standard InChI is InChI=1S/C21H31N5O5S/c1-14-17(15(2)26(23-14)16-7-11-32(30,31)13-16)12-24(3)18(27)6-10-25-19(28)21(22-20(25)29)8-4-5-9-21/h16H,4-13H2,1-3H3,(H,22,29)/t16-/m0/s1. The number of amides is 4. The maximum absolute atomic E-state index is 12.8. The number of rotatable bonds is 6. The van der Waals surface area contributed by atoms with Crippen LogP contribution in [0.3, 0.4) is 0 Å². The van der Waals surface area contributed by atoms with E-state index in [1.54, 1.807) is 16.6 Å². The molecule has 1 aromatic heterocycles. The Kier molecular flexibility index (Phi) is 5.81. The Hall–Kier alpha value is -2.43. The van der Waals surface area contributed by atoms with Crippen LogP contribution in [0.4, 0.5) is 4.79 Å². The molecule has 0 aromatic carbocycles. The number of imide groups is 1. The van der Waals surface area contributed by atoms with Gasteiger partial charge in [-0.1, -0.05) is 12.8 Å². The number of carbonyl (C=O) groups excluding carboxylic acids is 3. The Labute approximate surface area is 188 Å². The smallest absolute Gasteiger partial charge is 0.325 e. The molecule has 11 heteroatoms. The number of aryl methyl sites for hydroxylation is 1. The molecule has 1 saturated carbocycles. The molecule has 4 rings (SSSR count). The van der Waals surface area contributed by atoms with Gasteiger partial charge < -0.3 is 10.2 Å². The highest BCUT2D eigenvalue weighted by molar-refractivity contribution is 7.91. The van der Waals surface area contributed by atoms with E-state index in [-0.39, 0.29) is 42.3 Å². The molecule has 176 valence electrons. The predicted octanol–water partition coefficient (Wildman–Crippen LogP) is 1.07. The van der Waals surface area contributed by atoms with Gasteiger partial charge in [0.25, 0.3) is 5.91 Å². The average molecular weight is 466 g/mol. The fraction of sp³-hybridized carbons (Fsp3) is 0.714. The number of hydrogen-bond donors (Lipinski definition) is 1. The van der Waals surface area contributed by atoms with Crippen molar-refractivity contribution in [3.63, 3.8) is 0 Å². The lowest BCUT2D eigenvalue weighted by Gasteiger charge is -2.21. The third kappa shape index (κ3) is 4.02. The zero-order chi connectivity index (χ0) is 23.3. The van der Waals surface area contributed by atoms with Gasteiger partial charge in [0.05, 0.1) is 23.2 Å². The number of nitrogens with zero attached hydrogens (tertiary/aromatic N) is 4. The van der Waals surface area contributed by atoms with Crippen molar-refractivity contribution in [1.82, 2.24) is 24.9 Å². The van der Waals surface area contributed by atoms with Crippen LogP contribution in [0.25, 0.3) is 0 Å². The Morgan fingerprint density at radius 3 is 2.56 bits per heavy atom. The minimum Gasteiger partial charge on any atom is -0.341 e. The van der Waals surface area contributed by atoms with Crippen molar-refractivity contribution < 1.29 is 22.8 Å². The van der Waals surface area contributed by atoms with Gasteiger partial charge in [-0.2, -0.15) is 5.10 Å². The molecule has 1 atom stereocenters. The van der Waals surface area contributed by atoms with Gasteiger partial charge in [0.15, 0.2) is 9.84 Å². The third-order valence-electron chi connectivity index (χ3n) is 7.10. The van der Waals surface area contributed by atoms with Gasteiger partial charge in [-0.05, 0) is 33.1 Å². The first-order valence-electron chi connectivity index (χ1n) is 11.2. The first-order valence-corrected chi connectivity index (χ1v) is 13.0. The summed E-state index contributed by atoms with van der Waals surface area (Å²) in [6, 6.07) is -0.581. The normalized spacial score (nSPS) is 23.8. The minimum atomic E-state index is -3.02. The van der Waals surface area contributed by atoms with Crippen LogP contribution in [0, 0.1) is 13.8 Å². The Bertz CT molecular complexity index is 1060. The summed E-state index contributed by atoms with van der Waals surface area (Å²) in [6.45, 7) is 4.15. The summed E-state index contributed by atoms with van der Waals surface area (Å²) in [6.07, 6.45) is 3.76. The van der Waals surface area contributed by atoms with E-state index >= 15 is 0 Å². The summed E-state index contributed by atoms with van der Waals surface area (Å²) < 4.78 is 25.5. The molecular formula is C21H31N5O5S. The SMILES string of the molecule is Cc1nn([C@H]2CCS(=O)(=O)C2)c(C)c1CN(C)C(=O)CCN1C(=O)NC2(CCCC2)C1=O. The molecule has 0 bridgehead atoms. The molecule has 3 heterocycles. The van der Waals surface area contributed by atoms with E-state index in [9.17, 15) is 22.8 Å². The molecule has 1 N–H and O–H groups in total.